The minimum atomic E-state index is -1.91. The normalized spacial score (nSPS) is 26.1. The van der Waals surface area contributed by atoms with Crippen molar-refractivity contribution in [1.82, 2.24) is 63.1 Å². The number of fused-ring (bicyclic) bond motifs is 11. The second-order valence-corrected chi connectivity index (χ2v) is 22.8. The van der Waals surface area contributed by atoms with E-state index in [1.54, 1.807) is 24.3 Å². The van der Waals surface area contributed by atoms with Gasteiger partial charge in [-0.1, -0.05) is 50.3 Å². The van der Waals surface area contributed by atoms with E-state index in [1.165, 1.54) is 6.92 Å². The second kappa shape index (κ2) is 36.2. The van der Waals surface area contributed by atoms with Crippen molar-refractivity contribution in [2.45, 2.75) is 183 Å². The zero-order valence-corrected chi connectivity index (χ0v) is 51.3. The molecule has 3 fully saturated rings. The largest absolute Gasteiger partial charge is 0.481 e. The van der Waals surface area contributed by atoms with Crippen LogP contribution in [0.2, 0.25) is 0 Å². The molecule has 3 aliphatic heterocycles. The van der Waals surface area contributed by atoms with Crippen LogP contribution in [-0.2, 0) is 68.7 Å². The summed E-state index contributed by atoms with van der Waals surface area (Å²) < 4.78 is 0. The third-order valence-electron chi connectivity index (χ3n) is 15.7. The molecule has 2 bridgehead atoms. The average molecular weight is 1290 g/mol. The number of amides is 12. The molecule has 0 spiro atoms. The molecule has 2 aromatic rings. The quantitative estimate of drug-likeness (QED) is 0.0422. The summed E-state index contributed by atoms with van der Waals surface area (Å²) >= 11 is 0. The van der Waals surface area contributed by atoms with Crippen LogP contribution in [0.15, 0.2) is 40.3 Å². The summed E-state index contributed by atoms with van der Waals surface area (Å²) in [6.07, 6.45) is -1.54. The van der Waals surface area contributed by atoms with Crippen LogP contribution < -0.4 is 87.6 Å². The number of aliphatic hydroxyl groups is 1. The van der Waals surface area contributed by atoms with Crippen LogP contribution in [-0.4, -0.2) is 208 Å². The Bertz CT molecular complexity index is 3010. The number of aliphatic carboxylic acids is 1. The maximum absolute atomic E-state index is 14.6. The molecule has 35 nitrogen and oxygen atoms in total. The molecule has 1 aromatic carbocycles. The number of para-hydroxylation sites is 1. The SMILES string of the molecule is C[C@@H]1NC(=O)[C@@H]2CCCCC[C@H](NC(=O)CN)C(=O)N[C@@H](CCCC[C@@H](C(N)=O)NC(=O)[C@H](CCCN=C(N)N)NC(=O)[C@H](Cc3cc4ccccc4[nH]3)NC1=O)C(=O)N[C@@H](CO)C(=O)N[C@@H](CC(=O)O)C(=O)N1CCCC1C(=O)N[C@@H](CCCN=C(N)N)C(=O)N2. The molecule has 12 amide bonds. The van der Waals surface area contributed by atoms with E-state index in [2.05, 4.69) is 68.1 Å². The second-order valence-electron chi connectivity index (χ2n) is 22.8. The Balaban J connectivity index is 1.65. The Morgan fingerprint density at radius 3 is 1.73 bits per heavy atom. The van der Waals surface area contributed by atoms with Gasteiger partial charge in [-0.05, 0) is 88.7 Å². The molecule has 0 aliphatic carbocycles. The molecule has 0 radical (unpaired) electrons. The summed E-state index contributed by atoms with van der Waals surface area (Å²) in [4.78, 5) is 194. The molecule has 3 aliphatic rings. The van der Waals surface area contributed by atoms with Crippen molar-refractivity contribution in [3.05, 3.63) is 36.0 Å². The molecule has 4 heterocycles. The van der Waals surface area contributed by atoms with Crippen molar-refractivity contribution in [2.75, 3.05) is 32.8 Å². The Kier molecular flexibility index (Phi) is 28.8. The number of aliphatic imine (C=N–C) groups is 2. The fraction of sp³-hybridized carbons (Fsp3) is 0.596. The lowest BCUT2D eigenvalue weighted by Crippen LogP contribution is -2.61. The number of H-pyrrole nitrogens is 1. The first-order valence-corrected chi connectivity index (χ1v) is 30.6. The first kappa shape index (κ1) is 73.1. The predicted octanol–water partition coefficient (Wildman–Crippen LogP) is -6.87. The molecule has 1 aromatic heterocycles. The number of nitrogens with zero attached hydrogens (tertiary/aromatic N) is 3. The topological polar surface area (TPSA) is 583 Å². The Morgan fingerprint density at radius 2 is 1.12 bits per heavy atom. The van der Waals surface area contributed by atoms with Gasteiger partial charge in [-0.2, -0.15) is 0 Å². The van der Waals surface area contributed by atoms with Crippen molar-refractivity contribution in [3.63, 3.8) is 0 Å². The minimum absolute atomic E-state index is 0.00120. The highest BCUT2D eigenvalue weighted by Gasteiger charge is 2.41. The number of carbonyl (C=O) groups is 13. The Labute approximate surface area is 529 Å². The number of aromatic nitrogens is 1. The number of hydrogen-bond donors (Lipinski definition) is 19. The molecule has 92 heavy (non-hydrogen) atoms. The Morgan fingerprint density at radius 1 is 0.587 bits per heavy atom. The number of guanidine groups is 2. The van der Waals surface area contributed by atoms with E-state index in [9.17, 15) is 72.5 Å². The monoisotopic (exact) mass is 1290 g/mol. The molecule has 11 atom stereocenters. The van der Waals surface area contributed by atoms with Gasteiger partial charge in [0.2, 0.25) is 70.9 Å². The van der Waals surface area contributed by atoms with Gasteiger partial charge in [-0.25, -0.2) is 0 Å². The lowest BCUT2D eigenvalue weighted by Gasteiger charge is -2.30. The molecule has 0 saturated carbocycles. The summed E-state index contributed by atoms with van der Waals surface area (Å²) in [5.41, 5.74) is 34.8. The Hall–Kier alpha value is -9.67. The number of primary amides is 1. The smallest absolute Gasteiger partial charge is 0.305 e. The van der Waals surface area contributed by atoms with Gasteiger partial charge in [0.1, 0.15) is 66.5 Å². The van der Waals surface area contributed by atoms with Gasteiger partial charge in [-0.15, -0.1) is 0 Å². The maximum atomic E-state index is 14.6. The lowest BCUT2D eigenvalue weighted by atomic mass is 10.0. The first-order valence-electron chi connectivity index (χ1n) is 30.6. The van der Waals surface area contributed by atoms with Crippen molar-refractivity contribution in [1.29, 1.82) is 0 Å². The number of rotatable bonds is 16. The highest BCUT2D eigenvalue weighted by molar-refractivity contribution is 6.00. The van der Waals surface area contributed by atoms with Gasteiger partial charge in [0.05, 0.1) is 19.6 Å². The average Bonchev–Trinajstić information content (AvgIpc) is 2.59. The number of aliphatic hydroxyl groups excluding tert-OH is 1. The highest BCUT2D eigenvalue weighted by atomic mass is 16.4. The van der Waals surface area contributed by atoms with E-state index in [0.717, 1.165) is 10.3 Å². The van der Waals surface area contributed by atoms with Gasteiger partial charge in [0.25, 0.3) is 0 Å². The third kappa shape index (κ3) is 23.0. The molecule has 25 N–H and O–H groups in total. The lowest BCUT2D eigenvalue weighted by molar-refractivity contribution is -0.146. The third-order valence-corrected chi connectivity index (χ3v) is 15.7. The van der Waals surface area contributed by atoms with Crippen LogP contribution in [0, 0.1) is 0 Å². The van der Waals surface area contributed by atoms with Crippen molar-refractivity contribution < 1.29 is 72.5 Å². The molecule has 5 rings (SSSR count). The summed E-state index contributed by atoms with van der Waals surface area (Å²) in [6, 6.07) is -8.01. The summed E-state index contributed by atoms with van der Waals surface area (Å²) in [5, 5.41) is 46.8. The van der Waals surface area contributed by atoms with Gasteiger partial charge in [-0.3, -0.25) is 72.3 Å². The van der Waals surface area contributed by atoms with Crippen molar-refractivity contribution in [2.24, 2.45) is 44.4 Å². The number of nitrogens with two attached hydrogens (primary N) is 6. The van der Waals surface area contributed by atoms with Gasteiger partial charge >= 0.3 is 5.97 Å². The van der Waals surface area contributed by atoms with Crippen LogP contribution >= 0.6 is 0 Å². The highest BCUT2D eigenvalue weighted by Crippen LogP contribution is 2.22. The molecule has 1 unspecified atom stereocenters. The summed E-state index contributed by atoms with van der Waals surface area (Å²) in [7, 11) is 0. The van der Waals surface area contributed by atoms with Crippen LogP contribution in [0.3, 0.4) is 0 Å². The van der Waals surface area contributed by atoms with Gasteiger partial charge in [0.15, 0.2) is 11.9 Å². The number of aromatic amines is 1. The number of carboxylic acids is 1. The van der Waals surface area contributed by atoms with Crippen LogP contribution in [0.1, 0.15) is 115 Å². The van der Waals surface area contributed by atoms with Gasteiger partial charge < -0.3 is 108 Å². The van der Waals surface area contributed by atoms with Crippen molar-refractivity contribution in [3.8, 4) is 0 Å². The van der Waals surface area contributed by atoms with Crippen LogP contribution in [0.5, 0.6) is 0 Å². The molecular formula is C57H88N20O15. The summed E-state index contributed by atoms with van der Waals surface area (Å²) in [5.74, 6) is -13.7. The van der Waals surface area contributed by atoms with Gasteiger partial charge in [0, 0.05) is 37.3 Å². The molecule has 506 valence electrons. The van der Waals surface area contributed by atoms with E-state index >= 15 is 0 Å². The van der Waals surface area contributed by atoms with Crippen LogP contribution in [0.25, 0.3) is 10.9 Å². The zero-order valence-electron chi connectivity index (χ0n) is 51.3. The van der Waals surface area contributed by atoms with E-state index in [4.69, 9.17) is 34.4 Å². The predicted molar refractivity (Wildman–Crippen MR) is 331 cm³/mol. The molecule has 35 heteroatoms. The maximum Gasteiger partial charge on any atom is 0.305 e. The number of nitrogens with one attached hydrogen (secondary N) is 11. The standard InChI is InChI=1S/C57H88N20O15/c1-29-46(83)74-39(25-31-24-30-12-5-6-13-32(30)67-31)52(89)72-37(18-9-21-64-56(60)61)49(86)69-33(45(59)82)14-7-8-17-36-51(88)76-41(28-78)53(90)75-40(26-44(80)81)55(92)77-23-11-20-42(77)54(91)73-38(19-10-22-65-57(62)63)50(87)70-35(47(84)66-29)16-4-2-3-15-34(48(85)71-36)68-43(79)27-58/h5-6,12-13,24,29,33-42,67,78H,2-4,7-11,14-23,25-28,58H2,1H3,(H2,59,82)(H,66,84)(H,68,79)(H,69,86)(H,70,87)(H,71,85)(H,72,89)(H,73,91)(H,74,83)(H,75,90)(H,76,88)(H,80,81)(H4,60,61,64)(H4,62,63,65)/t29-,33-,34-,35-,36-,37-,38-,39-,40-,41-,42?/m0/s1. The fourth-order valence-corrected chi connectivity index (χ4v) is 10.8. The van der Waals surface area contributed by atoms with E-state index in [0.29, 0.717) is 11.2 Å². The van der Waals surface area contributed by atoms with Crippen LogP contribution in [0.4, 0.5) is 0 Å². The number of hydrogen-bond acceptors (Lipinski definition) is 17. The van der Waals surface area contributed by atoms with Crippen molar-refractivity contribution >= 4 is 99.7 Å². The number of carboxylic acid groups (broad SMARTS) is 1. The van der Waals surface area contributed by atoms with E-state index in [-0.39, 0.29) is 134 Å². The molecule has 3 saturated heterocycles. The zero-order chi connectivity index (χ0) is 67.6. The minimum Gasteiger partial charge on any atom is -0.481 e. The number of benzene rings is 1. The summed E-state index contributed by atoms with van der Waals surface area (Å²) in [6.45, 7) is -0.579. The van der Waals surface area contributed by atoms with E-state index in [1.807, 2.05) is 6.07 Å². The fourth-order valence-electron chi connectivity index (χ4n) is 10.8. The number of carbonyl (C=O) groups excluding carboxylic acids is 12. The van der Waals surface area contributed by atoms with E-state index < -0.39 is 163 Å². The molecular weight excluding hydrogens is 1200 g/mol. The first-order chi connectivity index (χ1) is 43.8.